The zero-order valence-corrected chi connectivity index (χ0v) is 19.9. The first-order valence-corrected chi connectivity index (χ1v) is 11.2. The van der Waals surface area contributed by atoms with Crippen LogP contribution in [-0.4, -0.2) is 22.8 Å². The molecular weight excluding hydrogens is 518 g/mol. The van der Waals surface area contributed by atoms with Crippen molar-refractivity contribution in [2.45, 2.75) is 13.5 Å². The molecule has 1 saturated heterocycles. The monoisotopic (exact) mass is 535 g/mol. The Bertz CT molecular complexity index is 1400. The van der Waals surface area contributed by atoms with Crippen molar-refractivity contribution in [1.29, 1.82) is 0 Å². The number of benzene rings is 3. The minimum atomic E-state index is -0.835. The lowest BCUT2D eigenvalue weighted by Gasteiger charge is -2.27. The van der Waals surface area contributed by atoms with Crippen molar-refractivity contribution < 1.29 is 24.0 Å². The van der Waals surface area contributed by atoms with Gasteiger partial charge in [-0.05, 0) is 48.4 Å². The Morgan fingerprint density at radius 1 is 1.06 bits per heavy atom. The van der Waals surface area contributed by atoms with Crippen molar-refractivity contribution in [3.8, 4) is 5.75 Å². The molecule has 1 aliphatic rings. The molecule has 0 aromatic heterocycles. The van der Waals surface area contributed by atoms with Gasteiger partial charge in [0.15, 0.2) is 0 Å². The molecule has 4 rings (SSSR count). The molecule has 176 valence electrons. The molecule has 0 saturated carbocycles. The summed E-state index contributed by atoms with van der Waals surface area (Å²) in [6.45, 7) is 1.78. The molecule has 0 radical (unpaired) electrons. The summed E-state index contributed by atoms with van der Waals surface area (Å²) in [5, 5.41) is 13.2. The lowest BCUT2D eigenvalue weighted by molar-refractivity contribution is -0.384. The molecule has 1 N–H and O–H groups in total. The van der Waals surface area contributed by atoms with E-state index in [2.05, 4.69) is 21.2 Å². The number of hydrogen-bond donors (Lipinski definition) is 1. The van der Waals surface area contributed by atoms with E-state index >= 15 is 0 Å². The zero-order chi connectivity index (χ0) is 25.1. The second-order valence-electron chi connectivity index (χ2n) is 7.64. The average Bonchev–Trinajstić information content (AvgIpc) is 2.82. The number of nitro groups is 1. The second kappa shape index (κ2) is 9.90. The van der Waals surface area contributed by atoms with Crippen LogP contribution in [0.4, 0.5) is 16.2 Å². The topological polar surface area (TPSA) is 119 Å². The number of nitrogens with zero attached hydrogens (tertiary/aromatic N) is 2. The summed E-state index contributed by atoms with van der Waals surface area (Å²) in [4.78, 5) is 49.8. The van der Waals surface area contributed by atoms with Crippen LogP contribution in [0, 0.1) is 17.0 Å². The fourth-order valence-corrected chi connectivity index (χ4v) is 4.03. The van der Waals surface area contributed by atoms with Gasteiger partial charge in [-0.1, -0.05) is 46.3 Å². The largest absolute Gasteiger partial charge is 0.488 e. The quantitative estimate of drug-likeness (QED) is 0.207. The van der Waals surface area contributed by atoms with E-state index in [1.165, 1.54) is 18.2 Å². The highest BCUT2D eigenvalue weighted by atomic mass is 79.9. The average molecular weight is 536 g/mol. The molecule has 4 amide bonds. The summed E-state index contributed by atoms with van der Waals surface area (Å²) in [6.07, 6.45) is 1.36. The maximum absolute atomic E-state index is 13.2. The van der Waals surface area contributed by atoms with Crippen LogP contribution in [0.25, 0.3) is 6.08 Å². The van der Waals surface area contributed by atoms with Gasteiger partial charge in [0.25, 0.3) is 17.5 Å². The number of para-hydroxylation sites is 1. The van der Waals surface area contributed by atoms with E-state index in [0.717, 1.165) is 9.37 Å². The Morgan fingerprint density at radius 3 is 2.57 bits per heavy atom. The lowest BCUT2D eigenvalue weighted by atomic mass is 10.0. The molecule has 1 heterocycles. The van der Waals surface area contributed by atoms with Gasteiger partial charge in [0, 0.05) is 22.2 Å². The van der Waals surface area contributed by atoms with Gasteiger partial charge in [0.1, 0.15) is 17.9 Å². The summed E-state index contributed by atoms with van der Waals surface area (Å²) in [5.41, 5.74) is 1.73. The van der Waals surface area contributed by atoms with E-state index in [4.69, 9.17) is 4.74 Å². The Labute approximate surface area is 208 Å². The summed E-state index contributed by atoms with van der Waals surface area (Å²) in [6, 6.07) is 17.0. The van der Waals surface area contributed by atoms with Crippen LogP contribution in [0.5, 0.6) is 5.75 Å². The van der Waals surface area contributed by atoms with Gasteiger partial charge in [-0.3, -0.25) is 25.0 Å². The molecule has 0 bridgehead atoms. The standard InChI is InChI=1S/C25H18BrN3O6/c1-15-11-18(26)9-10-21(15)28-24(31)20(23(30)27-25(28)32)13-17-6-2-3-8-22(17)35-14-16-5-4-7-19(12-16)29(33)34/h2-13H,14H2,1H3,(H,27,30,32)/b20-13-. The number of nitrogens with one attached hydrogen (secondary N) is 1. The number of carbonyl (C=O) groups excluding carboxylic acids is 3. The van der Waals surface area contributed by atoms with Gasteiger partial charge in [0.2, 0.25) is 0 Å². The molecular formula is C25H18BrN3O6. The molecule has 0 unspecified atom stereocenters. The number of halogens is 1. The predicted octanol–water partition coefficient (Wildman–Crippen LogP) is 4.91. The highest BCUT2D eigenvalue weighted by Crippen LogP contribution is 2.29. The third-order valence-corrected chi connectivity index (χ3v) is 5.73. The molecule has 3 aromatic rings. The molecule has 35 heavy (non-hydrogen) atoms. The third-order valence-electron chi connectivity index (χ3n) is 5.24. The minimum absolute atomic E-state index is 0.0324. The van der Waals surface area contributed by atoms with Crippen molar-refractivity contribution >= 4 is 51.2 Å². The van der Waals surface area contributed by atoms with E-state index in [1.54, 1.807) is 61.5 Å². The molecule has 10 heteroatoms. The fourth-order valence-electron chi connectivity index (χ4n) is 3.55. The maximum atomic E-state index is 13.2. The van der Waals surface area contributed by atoms with Crippen molar-refractivity contribution in [3.63, 3.8) is 0 Å². The molecule has 0 atom stereocenters. The lowest BCUT2D eigenvalue weighted by Crippen LogP contribution is -2.54. The van der Waals surface area contributed by atoms with E-state index in [1.807, 2.05) is 0 Å². The van der Waals surface area contributed by atoms with Crippen molar-refractivity contribution in [2.24, 2.45) is 0 Å². The summed E-state index contributed by atoms with van der Waals surface area (Å²) < 4.78 is 6.62. The minimum Gasteiger partial charge on any atom is -0.488 e. The van der Waals surface area contributed by atoms with E-state index in [-0.39, 0.29) is 17.9 Å². The fraction of sp³-hybridized carbons (Fsp3) is 0.0800. The molecule has 3 aromatic carbocycles. The number of imide groups is 2. The van der Waals surface area contributed by atoms with Gasteiger partial charge in [-0.2, -0.15) is 0 Å². The van der Waals surface area contributed by atoms with Gasteiger partial charge >= 0.3 is 6.03 Å². The van der Waals surface area contributed by atoms with Crippen molar-refractivity contribution in [3.05, 3.63) is 104 Å². The number of rotatable bonds is 6. The summed E-state index contributed by atoms with van der Waals surface area (Å²) >= 11 is 3.35. The number of urea groups is 1. The number of barbiturate groups is 1. The number of amides is 4. The van der Waals surface area contributed by atoms with Crippen molar-refractivity contribution in [2.75, 3.05) is 4.90 Å². The second-order valence-corrected chi connectivity index (χ2v) is 8.56. The Balaban J connectivity index is 1.64. The first kappa shape index (κ1) is 23.8. The van der Waals surface area contributed by atoms with Gasteiger partial charge in [-0.15, -0.1) is 0 Å². The van der Waals surface area contributed by atoms with Crippen LogP contribution < -0.4 is 15.0 Å². The molecule has 1 fully saturated rings. The van der Waals surface area contributed by atoms with Crippen LogP contribution in [-0.2, 0) is 16.2 Å². The zero-order valence-electron chi connectivity index (χ0n) is 18.4. The normalized spacial score (nSPS) is 14.7. The van der Waals surface area contributed by atoms with Crippen LogP contribution in [0.15, 0.2) is 76.8 Å². The molecule has 1 aliphatic heterocycles. The predicted molar refractivity (Wildman–Crippen MR) is 132 cm³/mol. The Morgan fingerprint density at radius 2 is 1.83 bits per heavy atom. The van der Waals surface area contributed by atoms with Crippen LogP contribution in [0.2, 0.25) is 0 Å². The smallest absolute Gasteiger partial charge is 0.335 e. The first-order chi connectivity index (χ1) is 16.7. The van der Waals surface area contributed by atoms with E-state index < -0.39 is 22.8 Å². The number of anilines is 1. The number of ether oxygens (including phenoxy) is 1. The molecule has 0 spiro atoms. The SMILES string of the molecule is Cc1cc(Br)ccc1N1C(=O)NC(=O)/C(=C/c2ccccc2OCc2cccc([N+](=O)[O-])c2)C1=O. The summed E-state index contributed by atoms with van der Waals surface area (Å²) in [7, 11) is 0. The maximum Gasteiger partial charge on any atom is 0.335 e. The number of hydrogen-bond acceptors (Lipinski definition) is 6. The van der Waals surface area contributed by atoms with Gasteiger partial charge in [0.05, 0.1) is 10.6 Å². The first-order valence-electron chi connectivity index (χ1n) is 10.4. The highest BCUT2D eigenvalue weighted by Gasteiger charge is 2.37. The van der Waals surface area contributed by atoms with E-state index in [9.17, 15) is 24.5 Å². The third kappa shape index (κ3) is 5.12. The number of nitro benzene ring substituents is 1. The highest BCUT2D eigenvalue weighted by molar-refractivity contribution is 9.10. The number of non-ortho nitro benzene ring substituents is 1. The number of aryl methyl sites for hydroxylation is 1. The van der Waals surface area contributed by atoms with Crippen LogP contribution >= 0.6 is 15.9 Å². The molecule has 9 nitrogen and oxygen atoms in total. The van der Waals surface area contributed by atoms with Gasteiger partial charge in [-0.25, -0.2) is 9.69 Å². The van der Waals surface area contributed by atoms with Crippen LogP contribution in [0.3, 0.4) is 0 Å². The number of carbonyl (C=O) groups is 3. The summed E-state index contributed by atoms with van der Waals surface area (Å²) in [5.74, 6) is -1.23. The Kier molecular flexibility index (Phi) is 6.74. The molecule has 0 aliphatic carbocycles. The van der Waals surface area contributed by atoms with Gasteiger partial charge < -0.3 is 4.74 Å². The van der Waals surface area contributed by atoms with E-state index in [0.29, 0.717) is 28.1 Å². The Hall–Kier alpha value is -4.31. The van der Waals surface area contributed by atoms with Crippen molar-refractivity contribution in [1.82, 2.24) is 5.32 Å². The van der Waals surface area contributed by atoms with Crippen LogP contribution in [0.1, 0.15) is 16.7 Å².